The van der Waals surface area contributed by atoms with Crippen LogP contribution in [0.1, 0.15) is 42.5 Å². The number of hydrogen-bond donors (Lipinski definition) is 1. The molecule has 1 N–H and O–H groups in total. The summed E-state index contributed by atoms with van der Waals surface area (Å²) in [6, 6.07) is 8.13. The quantitative estimate of drug-likeness (QED) is 0.775. The van der Waals surface area contributed by atoms with Crippen molar-refractivity contribution in [2.24, 2.45) is 0 Å². The minimum Gasteiger partial charge on any atom is -0.485 e. The van der Waals surface area contributed by atoms with Gasteiger partial charge in [-0.1, -0.05) is 18.2 Å². The Morgan fingerprint density at radius 3 is 2.54 bits per heavy atom. The molecule has 3 rings (SSSR count). The molecule has 2 heterocycles. The maximum atomic E-state index is 5.88. The molecule has 126 valence electrons. The molecule has 0 bridgehead atoms. The molecule has 6 heteroatoms. The van der Waals surface area contributed by atoms with E-state index >= 15 is 0 Å². The van der Waals surface area contributed by atoms with Gasteiger partial charge in [-0.2, -0.15) is 10.2 Å². The Bertz CT molecular complexity index is 847. The molecule has 0 saturated carbocycles. The van der Waals surface area contributed by atoms with E-state index in [1.54, 1.807) is 0 Å². The standard InChI is InChI=1S/C18H23N5O/c1-11(2)23-18(17-13(4)14(5)20-21-17)19-16(22-23)10-24-15-9-7-6-8-12(15)3/h6-9,11H,10H2,1-5H3,(H,20,21). The third kappa shape index (κ3) is 3.04. The third-order valence-electron chi connectivity index (χ3n) is 4.08. The number of aromatic amines is 1. The Morgan fingerprint density at radius 1 is 1.17 bits per heavy atom. The van der Waals surface area contributed by atoms with E-state index in [2.05, 4.69) is 34.1 Å². The van der Waals surface area contributed by atoms with E-state index in [4.69, 9.17) is 4.74 Å². The summed E-state index contributed by atoms with van der Waals surface area (Å²) in [5.41, 5.74) is 4.08. The van der Waals surface area contributed by atoms with Crippen LogP contribution < -0.4 is 4.74 Å². The Balaban J connectivity index is 1.89. The molecule has 1 aromatic carbocycles. The van der Waals surface area contributed by atoms with E-state index in [0.717, 1.165) is 34.1 Å². The Kier molecular flexibility index (Phi) is 4.38. The first kappa shape index (κ1) is 16.2. The minimum atomic E-state index is 0.191. The summed E-state index contributed by atoms with van der Waals surface area (Å²) < 4.78 is 7.78. The van der Waals surface area contributed by atoms with Gasteiger partial charge in [0.15, 0.2) is 11.6 Å². The van der Waals surface area contributed by atoms with Gasteiger partial charge in [0.2, 0.25) is 0 Å². The number of nitrogens with one attached hydrogen (secondary N) is 1. The van der Waals surface area contributed by atoms with Gasteiger partial charge in [-0.25, -0.2) is 9.67 Å². The molecule has 0 saturated heterocycles. The van der Waals surface area contributed by atoms with Crippen LogP contribution in [-0.2, 0) is 6.61 Å². The van der Waals surface area contributed by atoms with Crippen LogP contribution in [0.25, 0.3) is 11.5 Å². The Morgan fingerprint density at radius 2 is 1.92 bits per heavy atom. The van der Waals surface area contributed by atoms with Gasteiger partial charge < -0.3 is 4.74 Å². The van der Waals surface area contributed by atoms with Crippen molar-refractivity contribution in [3.63, 3.8) is 0 Å². The number of aryl methyl sites for hydroxylation is 2. The van der Waals surface area contributed by atoms with Crippen molar-refractivity contribution in [1.82, 2.24) is 25.0 Å². The molecule has 0 atom stereocenters. The monoisotopic (exact) mass is 325 g/mol. The fourth-order valence-corrected chi connectivity index (χ4v) is 2.51. The van der Waals surface area contributed by atoms with Gasteiger partial charge in [0, 0.05) is 17.3 Å². The number of nitrogens with zero attached hydrogens (tertiary/aromatic N) is 4. The second kappa shape index (κ2) is 6.47. The molecular weight excluding hydrogens is 302 g/mol. The average molecular weight is 325 g/mol. The first-order valence-corrected chi connectivity index (χ1v) is 8.13. The number of hydrogen-bond acceptors (Lipinski definition) is 4. The van der Waals surface area contributed by atoms with Crippen LogP contribution >= 0.6 is 0 Å². The van der Waals surface area contributed by atoms with Crippen molar-refractivity contribution in [2.45, 2.75) is 47.3 Å². The van der Waals surface area contributed by atoms with Crippen molar-refractivity contribution in [1.29, 1.82) is 0 Å². The zero-order chi connectivity index (χ0) is 17.3. The molecule has 0 aliphatic carbocycles. The number of rotatable bonds is 5. The lowest BCUT2D eigenvalue weighted by Crippen LogP contribution is -2.06. The van der Waals surface area contributed by atoms with E-state index < -0.39 is 0 Å². The van der Waals surface area contributed by atoms with Gasteiger partial charge >= 0.3 is 0 Å². The highest BCUT2D eigenvalue weighted by molar-refractivity contribution is 5.56. The fraction of sp³-hybridized carbons (Fsp3) is 0.389. The van der Waals surface area contributed by atoms with Gasteiger partial charge in [-0.3, -0.25) is 5.10 Å². The first-order valence-electron chi connectivity index (χ1n) is 8.13. The van der Waals surface area contributed by atoms with Crippen LogP contribution in [0.15, 0.2) is 24.3 Å². The van der Waals surface area contributed by atoms with Gasteiger partial charge in [0.05, 0.1) is 0 Å². The van der Waals surface area contributed by atoms with Crippen LogP contribution in [0.4, 0.5) is 0 Å². The summed E-state index contributed by atoms with van der Waals surface area (Å²) in [6.45, 7) is 10.6. The maximum Gasteiger partial charge on any atom is 0.188 e. The molecule has 0 spiro atoms. The lowest BCUT2D eigenvalue weighted by molar-refractivity contribution is 0.292. The van der Waals surface area contributed by atoms with Crippen LogP contribution in [0, 0.1) is 20.8 Å². The molecule has 0 fully saturated rings. The summed E-state index contributed by atoms with van der Waals surface area (Å²) in [6.07, 6.45) is 0. The molecular formula is C18H23N5O. The van der Waals surface area contributed by atoms with Crippen LogP contribution in [-0.4, -0.2) is 25.0 Å². The predicted octanol–water partition coefficient (Wildman–Crippen LogP) is 3.75. The number of para-hydroxylation sites is 1. The van der Waals surface area contributed by atoms with Crippen LogP contribution in [0.5, 0.6) is 5.75 Å². The molecule has 6 nitrogen and oxygen atoms in total. The van der Waals surface area contributed by atoms with Crippen LogP contribution in [0.2, 0.25) is 0 Å². The van der Waals surface area contributed by atoms with E-state index in [9.17, 15) is 0 Å². The number of ether oxygens (including phenoxy) is 1. The summed E-state index contributed by atoms with van der Waals surface area (Å²) in [5, 5.41) is 12.0. The van der Waals surface area contributed by atoms with E-state index in [1.165, 1.54) is 0 Å². The SMILES string of the molecule is Cc1ccccc1OCc1nc(-c2n[nH]c(C)c2C)n(C(C)C)n1. The van der Waals surface area contributed by atoms with Crippen molar-refractivity contribution >= 4 is 0 Å². The molecule has 0 aliphatic rings. The molecule has 24 heavy (non-hydrogen) atoms. The molecule has 0 unspecified atom stereocenters. The second-order valence-corrected chi connectivity index (χ2v) is 6.27. The van der Waals surface area contributed by atoms with Crippen LogP contribution in [0.3, 0.4) is 0 Å². The highest BCUT2D eigenvalue weighted by Crippen LogP contribution is 2.24. The summed E-state index contributed by atoms with van der Waals surface area (Å²) in [4.78, 5) is 4.66. The Hall–Kier alpha value is -2.63. The molecule has 0 aliphatic heterocycles. The van der Waals surface area contributed by atoms with E-state index in [0.29, 0.717) is 12.4 Å². The molecule has 0 radical (unpaired) electrons. The normalized spacial score (nSPS) is 11.2. The lowest BCUT2D eigenvalue weighted by atomic mass is 10.2. The maximum absolute atomic E-state index is 5.88. The zero-order valence-electron chi connectivity index (χ0n) is 14.8. The molecule has 0 amide bonds. The van der Waals surface area contributed by atoms with Crippen molar-refractivity contribution in [3.8, 4) is 17.3 Å². The number of aromatic nitrogens is 5. The molecule has 2 aromatic heterocycles. The Labute approximate surface area is 141 Å². The van der Waals surface area contributed by atoms with E-state index in [-0.39, 0.29) is 6.04 Å². The fourth-order valence-electron chi connectivity index (χ4n) is 2.51. The van der Waals surface area contributed by atoms with Gasteiger partial charge in [0.25, 0.3) is 0 Å². The number of H-pyrrole nitrogens is 1. The van der Waals surface area contributed by atoms with Gasteiger partial charge in [0.1, 0.15) is 18.1 Å². The van der Waals surface area contributed by atoms with Crippen molar-refractivity contribution < 1.29 is 4.74 Å². The van der Waals surface area contributed by atoms with Gasteiger partial charge in [-0.05, 0) is 46.2 Å². The van der Waals surface area contributed by atoms with Gasteiger partial charge in [-0.15, -0.1) is 0 Å². The lowest BCUT2D eigenvalue weighted by Gasteiger charge is -2.08. The van der Waals surface area contributed by atoms with E-state index in [1.807, 2.05) is 49.7 Å². The topological polar surface area (TPSA) is 68.6 Å². The average Bonchev–Trinajstić information content (AvgIpc) is 3.11. The second-order valence-electron chi connectivity index (χ2n) is 6.27. The predicted molar refractivity (Wildman–Crippen MR) is 93.0 cm³/mol. The third-order valence-corrected chi connectivity index (χ3v) is 4.08. The smallest absolute Gasteiger partial charge is 0.188 e. The summed E-state index contributed by atoms with van der Waals surface area (Å²) in [7, 11) is 0. The largest absolute Gasteiger partial charge is 0.485 e. The zero-order valence-corrected chi connectivity index (χ0v) is 14.8. The van der Waals surface area contributed by atoms with Crippen molar-refractivity contribution in [2.75, 3.05) is 0 Å². The first-order chi connectivity index (χ1) is 11.5. The minimum absolute atomic E-state index is 0.191. The summed E-state index contributed by atoms with van der Waals surface area (Å²) >= 11 is 0. The van der Waals surface area contributed by atoms with Crippen molar-refractivity contribution in [3.05, 3.63) is 46.9 Å². The highest BCUT2D eigenvalue weighted by Gasteiger charge is 2.19. The summed E-state index contributed by atoms with van der Waals surface area (Å²) in [5.74, 6) is 2.28. The highest BCUT2D eigenvalue weighted by atomic mass is 16.5. The number of benzene rings is 1. The molecule has 3 aromatic rings.